The Labute approximate surface area is 233 Å². The van der Waals surface area contributed by atoms with E-state index in [0.29, 0.717) is 29.1 Å². The van der Waals surface area contributed by atoms with Gasteiger partial charge in [0.05, 0.1) is 34.8 Å². The number of fused-ring (bicyclic) bond motifs is 3. The smallest absolute Gasteiger partial charge is 0.272 e. The molecule has 1 aromatic carbocycles. The predicted octanol–water partition coefficient (Wildman–Crippen LogP) is 5.41. The van der Waals surface area contributed by atoms with Crippen LogP contribution in [0.15, 0.2) is 35.4 Å². The number of benzene rings is 1. The van der Waals surface area contributed by atoms with E-state index in [1.54, 1.807) is 0 Å². The van der Waals surface area contributed by atoms with E-state index in [1.165, 1.54) is 32.1 Å². The molecule has 0 N–H and O–H groups in total. The second kappa shape index (κ2) is 11.9. The Hall–Kier alpha value is -3.24. The second-order valence-corrected chi connectivity index (χ2v) is 11.6. The Kier molecular flexibility index (Phi) is 8.32. The van der Waals surface area contributed by atoms with Crippen LogP contribution < -0.4 is 5.01 Å². The van der Waals surface area contributed by atoms with Crippen molar-refractivity contribution in [2.45, 2.75) is 71.8 Å². The van der Waals surface area contributed by atoms with Gasteiger partial charge < -0.3 is 9.80 Å². The van der Waals surface area contributed by atoms with Crippen LogP contribution in [-0.2, 0) is 6.42 Å². The molecule has 1 amide bonds. The molecule has 2 aromatic rings. The number of aromatic nitrogens is 1. The lowest BCUT2D eigenvalue weighted by molar-refractivity contribution is 0.0658. The van der Waals surface area contributed by atoms with Crippen molar-refractivity contribution >= 4 is 17.3 Å². The molecule has 39 heavy (non-hydrogen) atoms. The van der Waals surface area contributed by atoms with Crippen molar-refractivity contribution in [2.75, 3.05) is 38.2 Å². The standard InChI is InChI=1S/C29H34N6O.C3H8/c1-19-17-22(8-7-21(19)18-30)35-28(20-5-3-4-6-20)24-10-11-25-23(27(24)32-35)9-12-26(31-25)29(36)34-15-13-33(2)14-16-34;1-3-2/h7-9,12,17,20,24,28H,3-6,10-11,13-16H2,1-2H3;3H2,1-2H3. The summed E-state index contributed by atoms with van der Waals surface area (Å²) in [5, 5.41) is 16.9. The average Bonchev–Trinajstić information content (AvgIpc) is 3.61. The van der Waals surface area contributed by atoms with Crippen LogP contribution in [0.1, 0.15) is 85.2 Å². The van der Waals surface area contributed by atoms with E-state index in [9.17, 15) is 10.1 Å². The highest BCUT2D eigenvalue weighted by Crippen LogP contribution is 2.44. The van der Waals surface area contributed by atoms with Crippen molar-refractivity contribution in [3.05, 3.63) is 58.4 Å². The molecule has 4 aliphatic rings. The molecule has 2 atom stereocenters. The first-order chi connectivity index (χ1) is 18.9. The molecule has 206 valence electrons. The predicted molar refractivity (Wildman–Crippen MR) is 156 cm³/mol. The number of nitriles is 1. The number of hydrogen-bond acceptors (Lipinski definition) is 6. The van der Waals surface area contributed by atoms with Gasteiger partial charge >= 0.3 is 0 Å². The highest BCUT2D eigenvalue weighted by Gasteiger charge is 2.46. The van der Waals surface area contributed by atoms with Gasteiger partial charge in [-0.3, -0.25) is 9.80 Å². The number of rotatable bonds is 3. The lowest BCUT2D eigenvalue weighted by atomic mass is 9.76. The number of likely N-dealkylation sites (N-methyl/N-ethyl adjacent to an activating group) is 1. The van der Waals surface area contributed by atoms with Crippen LogP contribution >= 0.6 is 0 Å². The van der Waals surface area contributed by atoms with Gasteiger partial charge in [-0.15, -0.1) is 0 Å². The van der Waals surface area contributed by atoms with Crippen molar-refractivity contribution in [2.24, 2.45) is 16.9 Å². The van der Waals surface area contributed by atoms with E-state index < -0.39 is 0 Å². The molecule has 7 heteroatoms. The minimum Gasteiger partial charge on any atom is -0.335 e. The summed E-state index contributed by atoms with van der Waals surface area (Å²) in [6.07, 6.45) is 8.22. The maximum atomic E-state index is 13.2. The molecule has 2 aliphatic carbocycles. The van der Waals surface area contributed by atoms with Crippen LogP contribution in [0, 0.1) is 30.1 Å². The monoisotopic (exact) mass is 526 g/mol. The zero-order chi connectivity index (χ0) is 27.5. The highest BCUT2D eigenvalue weighted by molar-refractivity contribution is 6.07. The summed E-state index contributed by atoms with van der Waals surface area (Å²) < 4.78 is 0. The SMILES string of the molecule is CCC.Cc1cc(N2N=C3c4ccc(C(=O)N5CCN(C)CC5)nc4CCC3C2C2CCCC2)ccc1C#N. The lowest BCUT2D eigenvalue weighted by Crippen LogP contribution is -2.47. The summed E-state index contributed by atoms with van der Waals surface area (Å²) in [6, 6.07) is 12.7. The molecule has 2 fully saturated rings. The van der Waals surface area contributed by atoms with Gasteiger partial charge in [0.15, 0.2) is 0 Å². The third kappa shape index (κ3) is 5.45. The third-order valence-electron chi connectivity index (χ3n) is 8.69. The average molecular weight is 527 g/mol. The lowest BCUT2D eigenvalue weighted by Gasteiger charge is -2.34. The number of carbonyl (C=O) groups is 1. The third-order valence-corrected chi connectivity index (χ3v) is 8.69. The van der Waals surface area contributed by atoms with Gasteiger partial charge in [-0.25, -0.2) is 4.98 Å². The molecular weight excluding hydrogens is 484 g/mol. The van der Waals surface area contributed by atoms with Gasteiger partial charge in [0.25, 0.3) is 5.91 Å². The van der Waals surface area contributed by atoms with Crippen LogP contribution in [0.5, 0.6) is 0 Å². The van der Waals surface area contributed by atoms with E-state index in [1.807, 2.05) is 30.0 Å². The van der Waals surface area contributed by atoms with Crippen LogP contribution in [0.3, 0.4) is 0 Å². The quantitative estimate of drug-likeness (QED) is 0.535. The molecule has 1 saturated carbocycles. The summed E-state index contributed by atoms with van der Waals surface area (Å²) >= 11 is 0. The highest BCUT2D eigenvalue weighted by atomic mass is 16.2. The van der Waals surface area contributed by atoms with E-state index >= 15 is 0 Å². The van der Waals surface area contributed by atoms with Crippen molar-refractivity contribution < 1.29 is 4.79 Å². The molecule has 0 radical (unpaired) electrons. The molecular formula is C32H42N6O. The Morgan fingerprint density at radius 3 is 2.44 bits per heavy atom. The fraction of sp³-hybridized carbons (Fsp3) is 0.562. The maximum Gasteiger partial charge on any atom is 0.272 e. The normalized spacial score (nSPS) is 22.9. The number of aryl methyl sites for hydroxylation is 2. The summed E-state index contributed by atoms with van der Waals surface area (Å²) in [7, 11) is 2.10. The van der Waals surface area contributed by atoms with Gasteiger partial charge in [-0.1, -0.05) is 33.1 Å². The summed E-state index contributed by atoms with van der Waals surface area (Å²) in [5.74, 6) is 1.04. The first-order valence-corrected chi connectivity index (χ1v) is 14.8. The first-order valence-electron chi connectivity index (χ1n) is 14.8. The van der Waals surface area contributed by atoms with E-state index in [0.717, 1.165) is 67.2 Å². The van der Waals surface area contributed by atoms with E-state index in [-0.39, 0.29) is 5.91 Å². The van der Waals surface area contributed by atoms with Crippen LogP contribution in [0.2, 0.25) is 0 Å². The van der Waals surface area contributed by atoms with Crippen LogP contribution in [0.4, 0.5) is 5.69 Å². The van der Waals surface area contributed by atoms with Crippen LogP contribution in [0.25, 0.3) is 0 Å². The van der Waals surface area contributed by atoms with E-state index in [2.05, 4.69) is 49.0 Å². The summed E-state index contributed by atoms with van der Waals surface area (Å²) in [5.41, 5.74) is 6.58. The minimum atomic E-state index is 0.0416. The maximum absolute atomic E-state index is 13.2. The largest absolute Gasteiger partial charge is 0.335 e. The van der Waals surface area contributed by atoms with Gasteiger partial charge in [0.2, 0.25) is 0 Å². The number of hydrazone groups is 1. The van der Waals surface area contributed by atoms with Gasteiger partial charge in [-0.2, -0.15) is 10.4 Å². The summed E-state index contributed by atoms with van der Waals surface area (Å²) in [6.45, 7) is 9.57. The molecule has 2 aliphatic heterocycles. The number of carbonyl (C=O) groups excluding carboxylic acids is 1. The molecule has 1 aromatic heterocycles. The fourth-order valence-electron chi connectivity index (χ4n) is 6.63. The molecule has 6 rings (SSSR count). The Morgan fingerprint density at radius 2 is 1.77 bits per heavy atom. The van der Waals surface area contributed by atoms with Crippen molar-refractivity contribution in [3.63, 3.8) is 0 Å². The number of hydrogen-bond donors (Lipinski definition) is 0. The minimum absolute atomic E-state index is 0.0416. The number of amides is 1. The summed E-state index contributed by atoms with van der Waals surface area (Å²) in [4.78, 5) is 22.2. The second-order valence-electron chi connectivity index (χ2n) is 11.6. The molecule has 0 bridgehead atoms. The number of piperazine rings is 1. The zero-order valence-electron chi connectivity index (χ0n) is 24.0. The number of pyridine rings is 1. The first kappa shape index (κ1) is 27.3. The zero-order valence-corrected chi connectivity index (χ0v) is 24.0. The number of anilines is 1. The van der Waals surface area contributed by atoms with Crippen molar-refractivity contribution in [1.29, 1.82) is 5.26 Å². The van der Waals surface area contributed by atoms with Gasteiger partial charge in [0.1, 0.15) is 5.69 Å². The van der Waals surface area contributed by atoms with Crippen LogP contribution in [-0.4, -0.2) is 65.7 Å². The van der Waals surface area contributed by atoms with Gasteiger partial charge in [-0.05, 0) is 81.5 Å². The van der Waals surface area contributed by atoms with E-state index in [4.69, 9.17) is 10.1 Å². The molecule has 3 heterocycles. The molecule has 2 unspecified atom stereocenters. The van der Waals surface area contributed by atoms with Gasteiger partial charge in [0, 0.05) is 37.7 Å². The Morgan fingerprint density at radius 1 is 1.05 bits per heavy atom. The Balaban J connectivity index is 0.000000983. The van der Waals surface area contributed by atoms with Crippen molar-refractivity contribution in [1.82, 2.24) is 14.8 Å². The molecule has 7 nitrogen and oxygen atoms in total. The Bertz CT molecular complexity index is 1270. The topological polar surface area (TPSA) is 75.8 Å². The molecule has 1 saturated heterocycles. The fourth-order valence-corrected chi connectivity index (χ4v) is 6.63. The molecule has 0 spiro atoms. The number of nitrogens with zero attached hydrogens (tertiary/aromatic N) is 6. The van der Waals surface area contributed by atoms with Crippen molar-refractivity contribution in [3.8, 4) is 6.07 Å².